The standard InChI is InChI=1S/C8H7N3O2S/c9-6(12)3-13-7-2-1-5-8(11-7)14-4-10-5/h1-2,4H,3H2,(H2,9,12). The van der Waals surface area contributed by atoms with Crippen LogP contribution in [0.3, 0.4) is 0 Å². The van der Waals surface area contributed by atoms with Gasteiger partial charge in [-0.1, -0.05) is 0 Å². The highest BCUT2D eigenvalue weighted by Crippen LogP contribution is 2.18. The molecular weight excluding hydrogens is 202 g/mol. The smallest absolute Gasteiger partial charge is 0.255 e. The maximum Gasteiger partial charge on any atom is 0.255 e. The molecule has 72 valence electrons. The first-order valence-corrected chi connectivity index (χ1v) is 4.75. The molecule has 0 aliphatic carbocycles. The molecule has 0 saturated heterocycles. The predicted molar refractivity (Wildman–Crippen MR) is 52.1 cm³/mol. The number of carbonyl (C=O) groups is 1. The number of nitrogens with two attached hydrogens (primary N) is 1. The zero-order chi connectivity index (χ0) is 9.97. The van der Waals surface area contributed by atoms with Crippen molar-refractivity contribution in [2.75, 3.05) is 6.61 Å². The molecule has 0 fully saturated rings. The third kappa shape index (κ3) is 1.80. The van der Waals surface area contributed by atoms with E-state index in [2.05, 4.69) is 9.97 Å². The summed E-state index contributed by atoms with van der Waals surface area (Å²) in [5.41, 5.74) is 7.46. The lowest BCUT2D eigenvalue weighted by atomic mass is 10.4. The van der Waals surface area contributed by atoms with Crippen molar-refractivity contribution in [2.24, 2.45) is 5.73 Å². The molecule has 0 atom stereocenters. The molecule has 5 nitrogen and oxygen atoms in total. The van der Waals surface area contributed by atoms with E-state index < -0.39 is 5.91 Å². The van der Waals surface area contributed by atoms with Gasteiger partial charge in [0.15, 0.2) is 6.61 Å². The largest absolute Gasteiger partial charge is 0.468 e. The van der Waals surface area contributed by atoms with Gasteiger partial charge in [-0.15, -0.1) is 11.3 Å². The lowest BCUT2D eigenvalue weighted by molar-refractivity contribution is -0.120. The minimum atomic E-state index is -0.517. The number of hydrogen-bond acceptors (Lipinski definition) is 5. The number of carbonyl (C=O) groups excluding carboxylic acids is 1. The third-order valence-corrected chi connectivity index (χ3v) is 2.27. The second-order valence-corrected chi connectivity index (χ2v) is 3.41. The van der Waals surface area contributed by atoms with Crippen LogP contribution in [0.25, 0.3) is 10.3 Å². The molecule has 2 aromatic rings. The monoisotopic (exact) mass is 209 g/mol. The molecule has 2 aromatic heterocycles. The predicted octanol–water partition coefficient (Wildman–Crippen LogP) is 0.555. The Morgan fingerprint density at radius 1 is 1.57 bits per heavy atom. The van der Waals surface area contributed by atoms with Gasteiger partial charge in [-0.2, -0.15) is 0 Å². The second kappa shape index (κ2) is 3.59. The van der Waals surface area contributed by atoms with Crippen molar-refractivity contribution in [1.29, 1.82) is 0 Å². The molecular formula is C8H7N3O2S. The molecule has 2 rings (SSSR count). The van der Waals surface area contributed by atoms with Crippen LogP contribution in [0.2, 0.25) is 0 Å². The van der Waals surface area contributed by atoms with Gasteiger partial charge < -0.3 is 10.5 Å². The molecule has 0 bridgehead atoms. The van der Waals surface area contributed by atoms with Crippen LogP contribution in [0, 0.1) is 0 Å². The van der Waals surface area contributed by atoms with Crippen molar-refractivity contribution in [3.05, 3.63) is 17.6 Å². The fourth-order valence-corrected chi connectivity index (χ4v) is 1.61. The number of primary amides is 1. The molecule has 1 amide bonds. The summed E-state index contributed by atoms with van der Waals surface area (Å²) in [6.07, 6.45) is 0. The van der Waals surface area contributed by atoms with Crippen molar-refractivity contribution in [1.82, 2.24) is 9.97 Å². The summed E-state index contributed by atoms with van der Waals surface area (Å²) < 4.78 is 5.04. The van der Waals surface area contributed by atoms with Gasteiger partial charge in [0.1, 0.15) is 10.3 Å². The molecule has 2 N–H and O–H groups in total. The van der Waals surface area contributed by atoms with Crippen LogP contribution in [-0.2, 0) is 4.79 Å². The first-order valence-electron chi connectivity index (χ1n) is 3.87. The number of fused-ring (bicyclic) bond motifs is 1. The van der Waals surface area contributed by atoms with Crippen molar-refractivity contribution >= 4 is 27.6 Å². The van der Waals surface area contributed by atoms with E-state index >= 15 is 0 Å². The Kier molecular flexibility index (Phi) is 2.28. The van der Waals surface area contributed by atoms with E-state index in [1.54, 1.807) is 17.6 Å². The molecule has 14 heavy (non-hydrogen) atoms. The number of ether oxygens (including phenoxy) is 1. The van der Waals surface area contributed by atoms with E-state index in [1.165, 1.54) is 11.3 Å². The fraction of sp³-hybridized carbons (Fsp3) is 0.125. The Labute approximate surface area is 83.5 Å². The number of thiazole rings is 1. The number of aromatic nitrogens is 2. The topological polar surface area (TPSA) is 78.1 Å². The van der Waals surface area contributed by atoms with E-state index in [9.17, 15) is 4.79 Å². The highest BCUT2D eigenvalue weighted by atomic mass is 32.1. The van der Waals surface area contributed by atoms with Crippen LogP contribution >= 0.6 is 11.3 Å². The van der Waals surface area contributed by atoms with Crippen molar-refractivity contribution in [3.63, 3.8) is 0 Å². The van der Waals surface area contributed by atoms with E-state index in [0.29, 0.717) is 5.88 Å². The minimum Gasteiger partial charge on any atom is -0.468 e. The van der Waals surface area contributed by atoms with Gasteiger partial charge in [0, 0.05) is 6.07 Å². The zero-order valence-electron chi connectivity index (χ0n) is 7.14. The quantitative estimate of drug-likeness (QED) is 0.800. The molecule has 0 aromatic carbocycles. The second-order valence-electron chi connectivity index (χ2n) is 2.58. The van der Waals surface area contributed by atoms with Crippen molar-refractivity contribution in [3.8, 4) is 5.88 Å². The lowest BCUT2D eigenvalue weighted by Gasteiger charge is -2.00. The Bertz CT molecular complexity index is 468. The number of hydrogen-bond donors (Lipinski definition) is 1. The molecule has 0 unspecified atom stereocenters. The summed E-state index contributed by atoms with van der Waals surface area (Å²) in [7, 11) is 0. The van der Waals surface area contributed by atoms with Crippen LogP contribution in [0.4, 0.5) is 0 Å². The van der Waals surface area contributed by atoms with Gasteiger partial charge >= 0.3 is 0 Å². The molecule has 0 radical (unpaired) electrons. The summed E-state index contributed by atoms with van der Waals surface area (Å²) in [6.45, 7) is -0.155. The van der Waals surface area contributed by atoms with Crippen LogP contribution in [0.1, 0.15) is 0 Å². The first-order chi connectivity index (χ1) is 6.75. The molecule has 0 aliphatic heterocycles. The van der Waals surface area contributed by atoms with Gasteiger partial charge in [0.05, 0.1) is 5.51 Å². The highest BCUT2D eigenvalue weighted by Gasteiger charge is 2.02. The highest BCUT2D eigenvalue weighted by molar-refractivity contribution is 7.16. The fourth-order valence-electron chi connectivity index (χ4n) is 0.960. The summed E-state index contributed by atoms with van der Waals surface area (Å²) in [4.78, 5) is 19.4. The minimum absolute atomic E-state index is 0.155. The Morgan fingerprint density at radius 2 is 2.43 bits per heavy atom. The third-order valence-electron chi connectivity index (χ3n) is 1.53. The summed E-state index contributed by atoms with van der Waals surface area (Å²) >= 11 is 1.42. The molecule has 0 saturated carbocycles. The van der Waals surface area contributed by atoms with E-state index in [-0.39, 0.29) is 6.61 Å². The van der Waals surface area contributed by atoms with E-state index in [4.69, 9.17) is 10.5 Å². The number of nitrogens with zero attached hydrogens (tertiary/aromatic N) is 2. The maximum atomic E-state index is 10.4. The van der Waals surface area contributed by atoms with E-state index in [0.717, 1.165) is 10.3 Å². The SMILES string of the molecule is NC(=O)COc1ccc2ncsc2n1. The molecule has 0 aliphatic rings. The summed E-state index contributed by atoms with van der Waals surface area (Å²) in [6, 6.07) is 3.44. The maximum absolute atomic E-state index is 10.4. The first kappa shape index (κ1) is 8.89. The molecule has 6 heteroatoms. The Balaban J connectivity index is 2.21. The van der Waals surface area contributed by atoms with Crippen LogP contribution in [-0.4, -0.2) is 22.5 Å². The van der Waals surface area contributed by atoms with Gasteiger partial charge in [0.25, 0.3) is 5.91 Å². The number of amides is 1. The van der Waals surface area contributed by atoms with Gasteiger partial charge in [0.2, 0.25) is 5.88 Å². The summed E-state index contributed by atoms with van der Waals surface area (Å²) in [5.74, 6) is -0.128. The number of rotatable bonds is 3. The van der Waals surface area contributed by atoms with Crippen LogP contribution in [0.5, 0.6) is 5.88 Å². The Morgan fingerprint density at radius 3 is 3.21 bits per heavy atom. The lowest BCUT2D eigenvalue weighted by Crippen LogP contribution is -2.20. The normalized spacial score (nSPS) is 10.3. The van der Waals surface area contributed by atoms with Crippen molar-refractivity contribution in [2.45, 2.75) is 0 Å². The van der Waals surface area contributed by atoms with Gasteiger partial charge in [-0.05, 0) is 6.07 Å². The molecule has 0 spiro atoms. The van der Waals surface area contributed by atoms with Gasteiger partial charge in [-0.25, -0.2) is 9.97 Å². The van der Waals surface area contributed by atoms with Crippen molar-refractivity contribution < 1.29 is 9.53 Å². The van der Waals surface area contributed by atoms with E-state index in [1.807, 2.05) is 0 Å². The van der Waals surface area contributed by atoms with Crippen LogP contribution < -0.4 is 10.5 Å². The van der Waals surface area contributed by atoms with Gasteiger partial charge in [-0.3, -0.25) is 4.79 Å². The number of pyridine rings is 1. The average Bonchev–Trinajstić information content (AvgIpc) is 2.61. The average molecular weight is 209 g/mol. The molecule has 2 heterocycles. The zero-order valence-corrected chi connectivity index (χ0v) is 7.95. The Hall–Kier alpha value is -1.69. The van der Waals surface area contributed by atoms with Crippen LogP contribution in [0.15, 0.2) is 17.6 Å². The summed E-state index contributed by atoms with van der Waals surface area (Å²) in [5, 5.41) is 0.